The first kappa shape index (κ1) is 19.6. The van der Waals surface area contributed by atoms with Gasteiger partial charge in [-0.3, -0.25) is 9.59 Å². The molecular formula is C18H17FN4O4S. The number of nitrogens with one attached hydrogen (secondary N) is 2. The lowest BCUT2D eigenvalue weighted by molar-refractivity contribution is -0.126. The lowest BCUT2D eigenvalue weighted by atomic mass is 10.3. The number of ether oxygens (including phenoxy) is 1. The van der Waals surface area contributed by atoms with Crippen LogP contribution in [-0.4, -0.2) is 35.2 Å². The fourth-order valence-corrected chi connectivity index (χ4v) is 2.89. The topological polar surface area (TPSA) is 106 Å². The lowest BCUT2D eigenvalue weighted by Gasteiger charge is -2.04. The van der Waals surface area contributed by atoms with Crippen molar-refractivity contribution in [1.29, 1.82) is 0 Å². The highest BCUT2D eigenvalue weighted by Crippen LogP contribution is 2.15. The minimum atomic E-state index is -0.495. The highest BCUT2D eigenvalue weighted by atomic mass is 32.1. The zero-order valence-electron chi connectivity index (χ0n) is 14.7. The number of rotatable bonds is 9. The zero-order chi connectivity index (χ0) is 19.8. The van der Waals surface area contributed by atoms with E-state index < -0.39 is 11.7 Å². The first-order valence-electron chi connectivity index (χ1n) is 8.36. The van der Waals surface area contributed by atoms with E-state index in [9.17, 15) is 14.0 Å². The van der Waals surface area contributed by atoms with Crippen molar-refractivity contribution in [3.8, 4) is 0 Å². The Balaban J connectivity index is 1.38. The van der Waals surface area contributed by atoms with Crippen LogP contribution in [0.25, 0.3) is 0 Å². The van der Waals surface area contributed by atoms with E-state index in [1.807, 2.05) is 6.07 Å². The van der Waals surface area contributed by atoms with Gasteiger partial charge in [-0.2, -0.15) is 0 Å². The highest BCUT2D eigenvalue weighted by Gasteiger charge is 2.14. The Morgan fingerprint density at radius 1 is 1.21 bits per heavy atom. The molecule has 0 spiro atoms. The van der Waals surface area contributed by atoms with Crippen molar-refractivity contribution in [2.24, 2.45) is 0 Å². The van der Waals surface area contributed by atoms with Gasteiger partial charge in [0.05, 0.1) is 6.26 Å². The summed E-state index contributed by atoms with van der Waals surface area (Å²) < 4.78 is 23.6. The van der Waals surface area contributed by atoms with Crippen LogP contribution in [0.2, 0.25) is 0 Å². The Labute approximate surface area is 163 Å². The molecule has 0 atom stereocenters. The molecule has 0 radical (unpaired) electrons. The molecule has 0 bridgehead atoms. The molecule has 0 saturated heterocycles. The largest absolute Gasteiger partial charge is 0.469 e. The van der Waals surface area contributed by atoms with E-state index in [4.69, 9.17) is 9.15 Å². The van der Waals surface area contributed by atoms with Crippen LogP contribution in [0, 0.1) is 5.82 Å². The number of nitrogens with zero attached hydrogens (tertiary/aromatic N) is 2. The number of carbonyl (C=O) groups is 2. The smallest absolute Gasteiger partial charge is 0.286 e. The van der Waals surface area contributed by atoms with Crippen LogP contribution in [0.1, 0.15) is 20.6 Å². The Kier molecular flexibility index (Phi) is 6.82. The molecular weight excluding hydrogens is 387 g/mol. The molecule has 0 aliphatic carbocycles. The number of anilines is 1. The molecule has 0 aliphatic heterocycles. The molecule has 10 heteroatoms. The summed E-state index contributed by atoms with van der Waals surface area (Å²) in [5, 5.41) is 13.5. The normalized spacial score (nSPS) is 10.6. The van der Waals surface area contributed by atoms with E-state index in [0.717, 1.165) is 17.1 Å². The van der Waals surface area contributed by atoms with Crippen molar-refractivity contribution in [2.75, 3.05) is 18.5 Å². The molecule has 0 saturated carbocycles. The number of amides is 2. The van der Waals surface area contributed by atoms with E-state index in [0.29, 0.717) is 23.7 Å². The van der Waals surface area contributed by atoms with Crippen LogP contribution < -0.4 is 10.6 Å². The van der Waals surface area contributed by atoms with Crippen LogP contribution in [0.15, 0.2) is 47.1 Å². The molecule has 146 valence electrons. The molecule has 3 aromatic rings. The highest BCUT2D eigenvalue weighted by molar-refractivity contribution is 7.13. The fraction of sp³-hybridized carbons (Fsp3) is 0.222. The van der Waals surface area contributed by atoms with Gasteiger partial charge in [0.2, 0.25) is 10.9 Å². The second-order valence-electron chi connectivity index (χ2n) is 5.64. The van der Waals surface area contributed by atoms with Crippen LogP contribution in [0.3, 0.4) is 0 Å². The van der Waals surface area contributed by atoms with Crippen molar-refractivity contribution >= 4 is 28.8 Å². The van der Waals surface area contributed by atoms with Gasteiger partial charge < -0.3 is 19.8 Å². The summed E-state index contributed by atoms with van der Waals surface area (Å²) in [5.74, 6) is -0.420. The van der Waals surface area contributed by atoms with Crippen molar-refractivity contribution in [3.63, 3.8) is 0 Å². The second-order valence-corrected chi connectivity index (χ2v) is 6.70. The summed E-state index contributed by atoms with van der Waals surface area (Å²) in [5.41, 5.74) is 0.323. The first-order valence-corrected chi connectivity index (χ1v) is 9.18. The third-order valence-electron chi connectivity index (χ3n) is 3.48. The average Bonchev–Trinajstić information content (AvgIpc) is 3.34. The summed E-state index contributed by atoms with van der Waals surface area (Å²) in [6, 6.07) is 9.16. The third kappa shape index (κ3) is 5.96. The van der Waals surface area contributed by atoms with Gasteiger partial charge in [-0.15, -0.1) is 10.2 Å². The second kappa shape index (κ2) is 9.72. The molecule has 0 fully saturated rings. The van der Waals surface area contributed by atoms with Gasteiger partial charge in [0.15, 0.2) is 0 Å². The molecule has 2 amide bonds. The van der Waals surface area contributed by atoms with Crippen molar-refractivity contribution in [2.45, 2.75) is 13.0 Å². The monoisotopic (exact) mass is 404 g/mol. The van der Waals surface area contributed by atoms with E-state index in [-0.39, 0.29) is 24.1 Å². The maximum absolute atomic E-state index is 13.1. The van der Waals surface area contributed by atoms with Gasteiger partial charge in [-0.05, 0) is 30.3 Å². The summed E-state index contributed by atoms with van der Waals surface area (Å²) in [4.78, 5) is 23.8. The summed E-state index contributed by atoms with van der Waals surface area (Å²) >= 11 is 1.04. The van der Waals surface area contributed by atoms with Crippen molar-refractivity contribution in [3.05, 3.63) is 64.3 Å². The quantitative estimate of drug-likeness (QED) is 0.567. The Morgan fingerprint density at radius 2 is 2.11 bits per heavy atom. The number of halogens is 1. The Hall–Kier alpha value is -3.11. The average molecular weight is 404 g/mol. The number of hydrogen-bond donors (Lipinski definition) is 2. The molecule has 3 rings (SSSR count). The van der Waals surface area contributed by atoms with Gasteiger partial charge in [-0.1, -0.05) is 17.4 Å². The molecule has 28 heavy (non-hydrogen) atoms. The SMILES string of the molecule is O=C(COCc1nnc(C(=O)Nc2cccc(F)c2)s1)NCCc1ccco1. The maximum Gasteiger partial charge on any atom is 0.286 e. The molecule has 2 aromatic heterocycles. The molecule has 0 aliphatic rings. The van der Waals surface area contributed by atoms with Crippen LogP contribution in [0.5, 0.6) is 0 Å². The molecule has 2 N–H and O–H groups in total. The standard InChI is InChI=1S/C18H17FN4O4S/c19-12-3-1-4-13(9-12)21-17(25)18-23-22-16(28-18)11-26-10-15(24)20-7-6-14-5-2-8-27-14/h1-5,8-9H,6-7,10-11H2,(H,20,24)(H,21,25). The molecule has 2 heterocycles. The molecule has 8 nitrogen and oxygen atoms in total. The molecule has 1 aromatic carbocycles. The fourth-order valence-electron chi connectivity index (χ4n) is 2.22. The third-order valence-corrected chi connectivity index (χ3v) is 4.37. The zero-order valence-corrected chi connectivity index (χ0v) is 15.5. The summed E-state index contributed by atoms with van der Waals surface area (Å²) in [6.07, 6.45) is 2.17. The molecule has 0 unspecified atom stereocenters. The van der Waals surface area contributed by atoms with Crippen LogP contribution in [-0.2, 0) is 22.6 Å². The summed E-state index contributed by atoms with van der Waals surface area (Å²) in [7, 11) is 0. The van der Waals surface area contributed by atoms with E-state index in [1.165, 1.54) is 18.2 Å². The van der Waals surface area contributed by atoms with E-state index in [1.54, 1.807) is 18.4 Å². The Morgan fingerprint density at radius 3 is 2.89 bits per heavy atom. The van der Waals surface area contributed by atoms with E-state index in [2.05, 4.69) is 20.8 Å². The lowest BCUT2D eigenvalue weighted by Crippen LogP contribution is -2.29. The van der Waals surface area contributed by atoms with Gasteiger partial charge >= 0.3 is 0 Å². The van der Waals surface area contributed by atoms with Crippen LogP contribution in [0.4, 0.5) is 10.1 Å². The minimum Gasteiger partial charge on any atom is -0.469 e. The first-order chi connectivity index (χ1) is 13.6. The number of aromatic nitrogens is 2. The van der Waals surface area contributed by atoms with Gasteiger partial charge in [0.1, 0.15) is 29.8 Å². The predicted molar refractivity (Wildman–Crippen MR) is 99.3 cm³/mol. The van der Waals surface area contributed by atoms with Gasteiger partial charge in [-0.25, -0.2) is 4.39 Å². The maximum atomic E-state index is 13.1. The van der Waals surface area contributed by atoms with Crippen molar-refractivity contribution in [1.82, 2.24) is 15.5 Å². The van der Waals surface area contributed by atoms with E-state index >= 15 is 0 Å². The minimum absolute atomic E-state index is 0.0521. The van der Waals surface area contributed by atoms with Crippen LogP contribution >= 0.6 is 11.3 Å². The number of furan rings is 1. The number of carbonyl (C=O) groups excluding carboxylic acids is 2. The number of hydrogen-bond acceptors (Lipinski definition) is 7. The Bertz CT molecular complexity index is 929. The summed E-state index contributed by atoms with van der Waals surface area (Å²) in [6.45, 7) is 0.359. The van der Waals surface area contributed by atoms with Gasteiger partial charge in [0, 0.05) is 18.7 Å². The van der Waals surface area contributed by atoms with Crippen molar-refractivity contribution < 1.29 is 23.1 Å². The number of benzene rings is 1. The predicted octanol–water partition coefficient (Wildman–Crippen LogP) is 2.40. The van der Waals surface area contributed by atoms with Gasteiger partial charge in [0.25, 0.3) is 5.91 Å².